The second-order valence-electron chi connectivity index (χ2n) is 5.89. The summed E-state index contributed by atoms with van der Waals surface area (Å²) in [5.74, 6) is 0.422. The maximum absolute atomic E-state index is 12.8. The van der Waals surface area contributed by atoms with Crippen LogP contribution in [0.2, 0.25) is 0 Å². The average molecular weight is 385 g/mol. The highest BCUT2D eigenvalue weighted by Gasteiger charge is 2.17. The van der Waals surface area contributed by atoms with Crippen LogP contribution < -0.4 is 14.4 Å². The lowest BCUT2D eigenvalue weighted by Crippen LogP contribution is -2.22. The highest BCUT2D eigenvalue weighted by Crippen LogP contribution is 2.31. The molecule has 0 atom stereocenters. The predicted molar refractivity (Wildman–Crippen MR) is 105 cm³/mol. The minimum absolute atomic E-state index is 0.0936. The molecule has 0 unspecified atom stereocenters. The van der Waals surface area contributed by atoms with Crippen molar-refractivity contribution in [1.82, 2.24) is 4.98 Å². The van der Waals surface area contributed by atoms with Crippen LogP contribution in [0.5, 0.6) is 5.75 Å². The van der Waals surface area contributed by atoms with Gasteiger partial charge in [0.25, 0.3) is 10.0 Å². The van der Waals surface area contributed by atoms with Crippen LogP contribution >= 0.6 is 0 Å². The van der Waals surface area contributed by atoms with E-state index in [1.54, 1.807) is 49.6 Å². The lowest BCUT2D eigenvalue weighted by atomic mass is 10.2. The van der Waals surface area contributed by atoms with Crippen LogP contribution in [0.25, 0.3) is 10.9 Å². The van der Waals surface area contributed by atoms with Crippen LogP contribution in [-0.4, -0.2) is 33.5 Å². The number of hydrogen-bond donors (Lipinski definition) is 1. The van der Waals surface area contributed by atoms with E-state index in [4.69, 9.17) is 4.74 Å². The summed E-state index contributed by atoms with van der Waals surface area (Å²) in [5, 5.41) is 0.633. The van der Waals surface area contributed by atoms with E-state index in [9.17, 15) is 13.2 Å². The maximum atomic E-state index is 12.8. The predicted octanol–water partition coefficient (Wildman–Crippen LogP) is 3.03. The molecule has 0 aliphatic rings. The minimum Gasteiger partial charge on any atom is -0.494 e. The molecule has 7 nitrogen and oxygen atoms in total. The minimum atomic E-state index is -3.81. The average Bonchev–Trinajstić information content (AvgIpc) is 2.67. The third-order valence-electron chi connectivity index (χ3n) is 4.20. The number of pyridine rings is 1. The molecule has 8 heteroatoms. The number of nitrogens with zero attached hydrogens (tertiary/aromatic N) is 2. The van der Waals surface area contributed by atoms with Gasteiger partial charge in [-0.2, -0.15) is 0 Å². The van der Waals surface area contributed by atoms with E-state index in [-0.39, 0.29) is 10.8 Å². The molecular formula is C19H19N3O4S. The fourth-order valence-corrected chi connectivity index (χ4v) is 3.71. The van der Waals surface area contributed by atoms with Gasteiger partial charge in [0.1, 0.15) is 11.3 Å². The van der Waals surface area contributed by atoms with Crippen molar-refractivity contribution in [2.45, 2.75) is 11.8 Å². The molecule has 140 valence electrons. The summed E-state index contributed by atoms with van der Waals surface area (Å²) in [5.41, 5.74) is 1.59. The van der Waals surface area contributed by atoms with Gasteiger partial charge in [-0.1, -0.05) is 0 Å². The molecular weight excluding hydrogens is 366 g/mol. The summed E-state index contributed by atoms with van der Waals surface area (Å²) in [4.78, 5) is 17.2. The number of amides is 1. The van der Waals surface area contributed by atoms with Crippen molar-refractivity contribution in [3.63, 3.8) is 0 Å². The van der Waals surface area contributed by atoms with E-state index in [1.165, 1.54) is 31.1 Å². The van der Waals surface area contributed by atoms with Crippen molar-refractivity contribution in [3.8, 4) is 5.75 Å². The van der Waals surface area contributed by atoms with E-state index < -0.39 is 10.0 Å². The fourth-order valence-electron chi connectivity index (χ4n) is 2.63. The molecule has 1 amide bonds. The summed E-state index contributed by atoms with van der Waals surface area (Å²) >= 11 is 0. The van der Waals surface area contributed by atoms with E-state index in [1.807, 2.05) is 0 Å². The summed E-state index contributed by atoms with van der Waals surface area (Å²) in [6.07, 6.45) is 1.62. The Bertz CT molecular complexity index is 1100. The highest BCUT2D eigenvalue weighted by molar-refractivity contribution is 7.92. The van der Waals surface area contributed by atoms with Crippen LogP contribution in [-0.2, 0) is 14.8 Å². The van der Waals surface area contributed by atoms with Gasteiger partial charge in [0.15, 0.2) is 0 Å². The van der Waals surface area contributed by atoms with Crippen molar-refractivity contribution in [3.05, 3.63) is 54.7 Å². The standard InChI is InChI=1S/C19H19N3O4S/c1-13(23)22(2)14-6-8-15(9-7-14)27(24,25)21-17-10-11-18(26-3)19-16(17)5-4-12-20-19/h4-12,21H,1-3H3. The largest absolute Gasteiger partial charge is 0.494 e. The summed E-state index contributed by atoms with van der Waals surface area (Å²) < 4.78 is 33.4. The fraction of sp³-hybridized carbons (Fsp3) is 0.158. The molecule has 0 saturated heterocycles. The van der Waals surface area contributed by atoms with Crippen LogP contribution in [0.15, 0.2) is 59.6 Å². The van der Waals surface area contributed by atoms with Crippen LogP contribution in [0.4, 0.5) is 11.4 Å². The van der Waals surface area contributed by atoms with E-state index >= 15 is 0 Å². The number of fused-ring (bicyclic) bond motifs is 1. The van der Waals surface area contributed by atoms with Gasteiger partial charge in [0.2, 0.25) is 5.91 Å². The number of ether oxygens (including phenoxy) is 1. The molecule has 0 saturated carbocycles. The zero-order valence-corrected chi connectivity index (χ0v) is 15.9. The van der Waals surface area contributed by atoms with Crippen molar-refractivity contribution in [1.29, 1.82) is 0 Å². The molecule has 2 aromatic carbocycles. The molecule has 1 aromatic heterocycles. The van der Waals surface area contributed by atoms with Gasteiger partial charge in [0, 0.05) is 31.2 Å². The summed E-state index contributed by atoms with van der Waals surface area (Å²) in [6.45, 7) is 1.44. The van der Waals surface area contributed by atoms with Gasteiger partial charge in [-0.15, -0.1) is 0 Å². The van der Waals surface area contributed by atoms with Crippen LogP contribution in [0, 0.1) is 0 Å². The zero-order valence-electron chi connectivity index (χ0n) is 15.1. The Labute approximate surface area is 157 Å². The first kappa shape index (κ1) is 18.7. The van der Waals surface area contributed by atoms with Gasteiger partial charge in [0.05, 0.1) is 17.7 Å². The van der Waals surface area contributed by atoms with Crippen LogP contribution in [0.3, 0.4) is 0 Å². The van der Waals surface area contributed by atoms with Gasteiger partial charge < -0.3 is 9.64 Å². The lowest BCUT2D eigenvalue weighted by molar-refractivity contribution is -0.116. The summed E-state index contributed by atoms with van der Waals surface area (Å²) in [6, 6.07) is 12.9. The third kappa shape index (κ3) is 3.70. The number of carbonyl (C=O) groups is 1. The Morgan fingerprint density at radius 1 is 1.11 bits per heavy atom. The lowest BCUT2D eigenvalue weighted by Gasteiger charge is -2.16. The second-order valence-corrected chi connectivity index (χ2v) is 7.57. The zero-order chi connectivity index (χ0) is 19.6. The first-order valence-electron chi connectivity index (χ1n) is 8.12. The second kappa shape index (κ2) is 7.24. The van der Waals surface area contributed by atoms with Gasteiger partial charge in [-0.25, -0.2) is 8.42 Å². The number of methoxy groups -OCH3 is 1. The van der Waals surface area contributed by atoms with Crippen molar-refractivity contribution < 1.29 is 17.9 Å². The smallest absolute Gasteiger partial charge is 0.261 e. The summed E-state index contributed by atoms with van der Waals surface area (Å²) in [7, 11) is -0.649. The molecule has 27 heavy (non-hydrogen) atoms. The maximum Gasteiger partial charge on any atom is 0.261 e. The quantitative estimate of drug-likeness (QED) is 0.729. The number of carbonyl (C=O) groups excluding carboxylic acids is 1. The molecule has 3 aromatic rings. The van der Waals surface area contributed by atoms with Gasteiger partial charge in [-0.3, -0.25) is 14.5 Å². The Morgan fingerprint density at radius 3 is 2.44 bits per heavy atom. The van der Waals surface area contributed by atoms with Gasteiger partial charge >= 0.3 is 0 Å². The number of hydrogen-bond acceptors (Lipinski definition) is 5. The molecule has 1 N–H and O–H groups in total. The Kier molecular flexibility index (Phi) is 5.00. The first-order chi connectivity index (χ1) is 12.8. The topological polar surface area (TPSA) is 88.6 Å². The van der Waals surface area contributed by atoms with E-state index in [2.05, 4.69) is 9.71 Å². The third-order valence-corrected chi connectivity index (χ3v) is 5.58. The van der Waals surface area contributed by atoms with Crippen molar-refractivity contribution >= 4 is 38.2 Å². The number of nitrogens with one attached hydrogen (secondary N) is 1. The molecule has 0 radical (unpaired) electrons. The number of benzene rings is 2. The number of sulfonamides is 1. The molecule has 0 aliphatic heterocycles. The number of rotatable bonds is 5. The van der Waals surface area contributed by atoms with E-state index in [0.29, 0.717) is 28.0 Å². The number of anilines is 2. The number of aromatic nitrogens is 1. The molecule has 3 rings (SSSR count). The Balaban J connectivity index is 1.96. The Morgan fingerprint density at radius 2 is 1.81 bits per heavy atom. The Hall–Kier alpha value is -3.13. The normalized spacial score (nSPS) is 11.2. The SMILES string of the molecule is COc1ccc(NS(=O)(=O)c2ccc(N(C)C(C)=O)cc2)c2cccnc12. The van der Waals surface area contributed by atoms with Crippen molar-refractivity contribution in [2.75, 3.05) is 23.8 Å². The molecule has 0 fully saturated rings. The van der Waals surface area contributed by atoms with E-state index in [0.717, 1.165) is 0 Å². The molecule has 0 spiro atoms. The van der Waals surface area contributed by atoms with Crippen molar-refractivity contribution in [2.24, 2.45) is 0 Å². The highest BCUT2D eigenvalue weighted by atomic mass is 32.2. The molecule has 0 aliphatic carbocycles. The monoisotopic (exact) mass is 385 g/mol. The van der Waals surface area contributed by atoms with Crippen LogP contribution in [0.1, 0.15) is 6.92 Å². The van der Waals surface area contributed by atoms with Gasteiger partial charge in [-0.05, 0) is 48.5 Å². The first-order valence-corrected chi connectivity index (χ1v) is 9.60. The molecule has 0 bridgehead atoms. The molecule has 1 heterocycles.